The van der Waals surface area contributed by atoms with Crippen molar-refractivity contribution in [3.8, 4) is 0 Å². The van der Waals surface area contributed by atoms with Gasteiger partial charge in [-0.2, -0.15) is 0 Å². The van der Waals surface area contributed by atoms with Gasteiger partial charge in [0.15, 0.2) is 0 Å². The first-order chi connectivity index (χ1) is 9.47. The molecule has 20 heavy (non-hydrogen) atoms. The van der Waals surface area contributed by atoms with Crippen LogP contribution in [-0.4, -0.2) is 28.4 Å². The zero-order chi connectivity index (χ0) is 15.1. The maximum Gasteiger partial charge on any atom is 0.328 e. The monoisotopic (exact) mass is 339 g/mol. The van der Waals surface area contributed by atoms with Crippen molar-refractivity contribution in [2.75, 3.05) is 6.54 Å². The summed E-state index contributed by atoms with van der Waals surface area (Å²) in [5.41, 5.74) is 0.998. The van der Waals surface area contributed by atoms with E-state index in [0.29, 0.717) is 6.54 Å². The van der Waals surface area contributed by atoms with Crippen molar-refractivity contribution in [2.24, 2.45) is 0 Å². The van der Waals surface area contributed by atoms with Crippen LogP contribution in [0.4, 0.5) is 0 Å². The van der Waals surface area contributed by atoms with Gasteiger partial charge in [0.1, 0.15) is 0 Å². The molecule has 0 spiro atoms. The first-order valence-electron chi connectivity index (χ1n) is 6.43. The fourth-order valence-corrected chi connectivity index (χ4v) is 2.57. The second-order valence-electron chi connectivity index (χ2n) is 4.40. The maximum absolute atomic E-state index is 12.1. The Morgan fingerprint density at radius 2 is 2.00 bits per heavy atom. The van der Waals surface area contributed by atoms with Crippen LogP contribution in [0.15, 0.2) is 40.9 Å². The Bertz CT molecular complexity index is 514. The van der Waals surface area contributed by atoms with E-state index < -0.39 is 5.97 Å². The molecule has 108 valence electrons. The minimum atomic E-state index is -1.12. The Balaban J connectivity index is 2.98. The zero-order valence-corrected chi connectivity index (χ0v) is 13.1. The molecule has 1 rings (SSSR count). The topological polar surface area (TPSA) is 57.6 Å². The molecule has 1 unspecified atom stereocenters. The summed E-state index contributed by atoms with van der Waals surface area (Å²) in [6, 6.07) is 7.57. The molecule has 1 amide bonds. The maximum atomic E-state index is 12.1. The SMILES string of the molecule is CCCN(C(=O)/C=C/C(=O)O)C(C)c1ccccc1Br. The van der Waals surface area contributed by atoms with Crippen LogP contribution < -0.4 is 0 Å². The highest BCUT2D eigenvalue weighted by atomic mass is 79.9. The van der Waals surface area contributed by atoms with E-state index in [9.17, 15) is 9.59 Å². The van der Waals surface area contributed by atoms with Gasteiger partial charge < -0.3 is 10.0 Å². The van der Waals surface area contributed by atoms with E-state index in [4.69, 9.17) is 5.11 Å². The summed E-state index contributed by atoms with van der Waals surface area (Å²) in [5, 5.41) is 8.61. The van der Waals surface area contributed by atoms with Crippen molar-refractivity contribution in [1.29, 1.82) is 0 Å². The molecule has 1 aromatic carbocycles. The van der Waals surface area contributed by atoms with Gasteiger partial charge in [-0.15, -0.1) is 0 Å². The molecule has 0 bridgehead atoms. The highest BCUT2D eigenvalue weighted by molar-refractivity contribution is 9.10. The summed E-state index contributed by atoms with van der Waals surface area (Å²) in [4.78, 5) is 24.3. The molecule has 1 N–H and O–H groups in total. The van der Waals surface area contributed by atoms with E-state index >= 15 is 0 Å². The number of hydrogen-bond donors (Lipinski definition) is 1. The molecule has 0 aliphatic heterocycles. The largest absolute Gasteiger partial charge is 0.478 e. The first kappa shape index (κ1) is 16.4. The first-order valence-corrected chi connectivity index (χ1v) is 7.22. The van der Waals surface area contributed by atoms with E-state index in [1.165, 1.54) is 0 Å². The molecule has 0 saturated heterocycles. The summed E-state index contributed by atoms with van der Waals surface area (Å²) in [7, 11) is 0. The van der Waals surface area contributed by atoms with E-state index in [0.717, 1.165) is 28.6 Å². The lowest BCUT2D eigenvalue weighted by Gasteiger charge is -2.29. The summed E-state index contributed by atoms with van der Waals surface area (Å²) in [6.45, 7) is 4.49. The van der Waals surface area contributed by atoms with E-state index in [1.54, 1.807) is 4.90 Å². The molecule has 0 fully saturated rings. The fraction of sp³-hybridized carbons (Fsp3) is 0.333. The van der Waals surface area contributed by atoms with Crippen LogP contribution in [0.5, 0.6) is 0 Å². The van der Waals surface area contributed by atoms with Crippen LogP contribution in [-0.2, 0) is 9.59 Å². The van der Waals surface area contributed by atoms with Gasteiger partial charge in [-0.3, -0.25) is 4.79 Å². The normalized spacial score (nSPS) is 12.3. The highest BCUT2D eigenvalue weighted by Crippen LogP contribution is 2.27. The van der Waals surface area contributed by atoms with Gasteiger partial charge in [-0.05, 0) is 25.0 Å². The molecule has 0 saturated carbocycles. The third-order valence-electron chi connectivity index (χ3n) is 2.94. The third kappa shape index (κ3) is 4.49. The van der Waals surface area contributed by atoms with Crippen molar-refractivity contribution in [3.05, 3.63) is 46.5 Å². The molecule has 5 heteroatoms. The molecular formula is C15H18BrNO3. The minimum Gasteiger partial charge on any atom is -0.478 e. The van der Waals surface area contributed by atoms with Gasteiger partial charge in [-0.1, -0.05) is 41.1 Å². The number of aliphatic carboxylic acids is 1. The van der Waals surface area contributed by atoms with Crippen molar-refractivity contribution in [1.82, 2.24) is 4.90 Å². The number of rotatable bonds is 6. The van der Waals surface area contributed by atoms with Crippen LogP contribution in [0, 0.1) is 0 Å². The number of carbonyl (C=O) groups is 2. The summed E-state index contributed by atoms with van der Waals surface area (Å²) < 4.78 is 0.934. The summed E-state index contributed by atoms with van der Waals surface area (Å²) in [5.74, 6) is -1.42. The van der Waals surface area contributed by atoms with Crippen LogP contribution in [0.1, 0.15) is 31.9 Å². The Morgan fingerprint density at radius 3 is 2.55 bits per heavy atom. The van der Waals surface area contributed by atoms with E-state index in [-0.39, 0.29) is 11.9 Å². The summed E-state index contributed by atoms with van der Waals surface area (Å²) in [6.07, 6.45) is 2.78. The molecule has 4 nitrogen and oxygen atoms in total. The van der Waals surface area contributed by atoms with E-state index in [2.05, 4.69) is 15.9 Å². The molecule has 1 aromatic rings. The van der Waals surface area contributed by atoms with Crippen molar-refractivity contribution >= 4 is 27.8 Å². The van der Waals surface area contributed by atoms with Crippen LogP contribution in [0.25, 0.3) is 0 Å². The van der Waals surface area contributed by atoms with Crippen LogP contribution in [0.2, 0.25) is 0 Å². The molecule has 0 aliphatic carbocycles. The second kappa shape index (κ2) is 7.85. The second-order valence-corrected chi connectivity index (χ2v) is 5.26. The lowest BCUT2D eigenvalue weighted by Crippen LogP contribution is -2.33. The molecule has 0 aromatic heterocycles. The van der Waals surface area contributed by atoms with Crippen LogP contribution in [0.3, 0.4) is 0 Å². The van der Waals surface area contributed by atoms with Crippen molar-refractivity contribution in [3.63, 3.8) is 0 Å². The Morgan fingerprint density at radius 1 is 1.35 bits per heavy atom. The minimum absolute atomic E-state index is 0.128. The number of nitrogens with zero attached hydrogens (tertiary/aromatic N) is 1. The predicted octanol–water partition coefficient (Wildman–Crippen LogP) is 3.39. The summed E-state index contributed by atoms with van der Waals surface area (Å²) >= 11 is 3.48. The molecule has 0 heterocycles. The number of amides is 1. The number of benzene rings is 1. The Labute approximate surface area is 127 Å². The van der Waals surface area contributed by atoms with E-state index in [1.807, 2.05) is 38.1 Å². The van der Waals surface area contributed by atoms with Crippen molar-refractivity contribution < 1.29 is 14.7 Å². The van der Waals surface area contributed by atoms with Gasteiger partial charge >= 0.3 is 5.97 Å². The number of carboxylic acid groups (broad SMARTS) is 1. The van der Waals surface area contributed by atoms with Gasteiger partial charge in [-0.25, -0.2) is 4.79 Å². The average Bonchev–Trinajstić information content (AvgIpc) is 2.42. The standard InChI is InChI=1S/C15H18BrNO3/c1-3-10-17(14(18)8-9-15(19)20)11(2)12-6-4-5-7-13(12)16/h4-9,11H,3,10H2,1-2H3,(H,19,20)/b9-8+. The van der Waals surface area contributed by atoms with Crippen molar-refractivity contribution in [2.45, 2.75) is 26.3 Å². The fourth-order valence-electron chi connectivity index (χ4n) is 1.96. The number of halogens is 1. The Kier molecular flexibility index (Phi) is 6.45. The smallest absolute Gasteiger partial charge is 0.328 e. The predicted molar refractivity (Wildman–Crippen MR) is 81.3 cm³/mol. The number of carboxylic acids is 1. The van der Waals surface area contributed by atoms with Gasteiger partial charge in [0, 0.05) is 23.2 Å². The molecular weight excluding hydrogens is 322 g/mol. The number of hydrogen-bond acceptors (Lipinski definition) is 2. The highest BCUT2D eigenvalue weighted by Gasteiger charge is 2.20. The van der Waals surface area contributed by atoms with Gasteiger partial charge in [0.05, 0.1) is 6.04 Å². The zero-order valence-electron chi connectivity index (χ0n) is 11.5. The molecule has 0 aliphatic rings. The van der Waals surface area contributed by atoms with Gasteiger partial charge in [0.2, 0.25) is 5.91 Å². The average molecular weight is 340 g/mol. The molecule has 1 atom stereocenters. The van der Waals surface area contributed by atoms with Gasteiger partial charge in [0.25, 0.3) is 0 Å². The number of carbonyl (C=O) groups excluding carboxylic acids is 1. The third-order valence-corrected chi connectivity index (χ3v) is 3.66. The Hall–Kier alpha value is -1.62. The molecule has 0 radical (unpaired) electrons. The quantitative estimate of drug-likeness (QED) is 0.808. The lowest BCUT2D eigenvalue weighted by atomic mass is 10.1. The lowest BCUT2D eigenvalue weighted by molar-refractivity contribution is -0.132. The van der Waals surface area contributed by atoms with Crippen LogP contribution >= 0.6 is 15.9 Å².